The van der Waals surface area contributed by atoms with Crippen molar-refractivity contribution in [3.05, 3.63) is 23.5 Å². The molecule has 0 fully saturated rings. The highest BCUT2D eigenvalue weighted by Gasteiger charge is 2.41. The van der Waals surface area contributed by atoms with Crippen molar-refractivity contribution in [3.8, 4) is 0 Å². The summed E-state index contributed by atoms with van der Waals surface area (Å²) in [6.45, 7) is 0. The molecule has 14 heavy (non-hydrogen) atoms. The molecule has 0 atom stereocenters. The number of alkyl halides is 2. The van der Waals surface area contributed by atoms with Crippen LogP contribution < -0.4 is 10.0 Å². The Bertz CT molecular complexity index is 299. The molecule has 0 aromatic heterocycles. The molecule has 0 bridgehead atoms. The summed E-state index contributed by atoms with van der Waals surface area (Å²) in [5.74, 6) is -9.34. The Morgan fingerprint density at radius 1 is 1.36 bits per heavy atom. The van der Waals surface area contributed by atoms with Crippen LogP contribution in [0.2, 0.25) is 0 Å². The van der Waals surface area contributed by atoms with Gasteiger partial charge in [0.2, 0.25) is 5.83 Å². The zero-order valence-electron chi connectivity index (χ0n) is 6.60. The highest BCUT2D eigenvalue weighted by molar-refractivity contribution is 6.28. The van der Waals surface area contributed by atoms with Gasteiger partial charge in [-0.1, -0.05) is 0 Å². The van der Waals surface area contributed by atoms with Crippen LogP contribution in [0.25, 0.3) is 0 Å². The molecule has 0 spiro atoms. The van der Waals surface area contributed by atoms with Gasteiger partial charge < -0.3 is 14.7 Å². The van der Waals surface area contributed by atoms with E-state index in [1.165, 1.54) is 0 Å². The van der Waals surface area contributed by atoms with E-state index in [1.54, 1.807) is 0 Å². The second kappa shape index (κ2) is 3.62. The van der Waals surface area contributed by atoms with Gasteiger partial charge in [-0.2, -0.15) is 13.2 Å². The minimum absolute atomic E-state index is 0.460. The normalized spacial score (nSPS) is 20.6. The molecule has 0 N–H and O–H groups in total. The molecule has 78 valence electrons. The van der Waals surface area contributed by atoms with Crippen molar-refractivity contribution in [1.82, 2.24) is 0 Å². The first-order chi connectivity index (χ1) is 6.34. The number of allylic oxidation sites excluding steroid dienone is 3. The first-order valence-electron chi connectivity index (χ1n) is 3.47. The van der Waals surface area contributed by atoms with E-state index >= 15 is 0 Å². The molecule has 0 saturated heterocycles. The van der Waals surface area contributed by atoms with E-state index in [4.69, 9.17) is 0 Å². The highest BCUT2D eigenvalue weighted by atomic mass is 19.3. The molecule has 0 amide bonds. The smallest absolute Gasteiger partial charge is 0.305 e. The fourth-order valence-electron chi connectivity index (χ4n) is 0.872. The Kier molecular flexibility index (Phi) is 2.86. The Hall–Kier alpha value is -1.02. The van der Waals surface area contributed by atoms with Crippen LogP contribution >= 0.6 is 0 Å². The summed E-state index contributed by atoms with van der Waals surface area (Å²) in [6.07, 6.45) is -0.685. The zero-order chi connectivity index (χ0) is 10.9. The third kappa shape index (κ3) is 2.07. The van der Waals surface area contributed by atoms with Crippen molar-refractivity contribution in [2.45, 2.75) is 12.3 Å². The van der Waals surface area contributed by atoms with Gasteiger partial charge >= 0.3 is 5.92 Å². The fraction of sp³-hybridized carbons (Fsp3) is 0.333. The van der Waals surface area contributed by atoms with Gasteiger partial charge in [-0.25, -0.2) is 4.39 Å². The van der Waals surface area contributed by atoms with Crippen molar-refractivity contribution in [2.24, 2.45) is 0 Å². The maximum Gasteiger partial charge on any atom is 0.305 e. The minimum atomic E-state index is -3.95. The van der Waals surface area contributed by atoms with Gasteiger partial charge in [0.25, 0.3) is 0 Å². The summed E-state index contributed by atoms with van der Waals surface area (Å²) in [5, 5.41) is 19.8. The predicted molar refractivity (Wildman–Crippen MR) is 33.7 cm³/mol. The molecule has 1 aliphatic rings. The molecule has 3 nitrogen and oxygen atoms in total. The number of rotatable bonds is 2. The first-order valence-corrected chi connectivity index (χ1v) is 3.47. The molecule has 1 rings (SSSR count). The topological polar surface area (TPSA) is 55.3 Å². The van der Waals surface area contributed by atoms with Crippen molar-refractivity contribution >= 4 is 7.32 Å². The molecular weight excluding hydrogens is 207 g/mol. The molecule has 0 aliphatic heterocycles. The molecule has 0 radical (unpaired) electrons. The monoisotopic (exact) mass is 210 g/mol. The van der Waals surface area contributed by atoms with Gasteiger partial charge in [-0.3, -0.25) is 0 Å². The number of hydrogen-bond acceptors (Lipinski definition) is 3. The number of hydrogen-bond donors (Lipinski definition) is 0. The van der Waals surface area contributed by atoms with Gasteiger partial charge in [-0.15, -0.1) is 0 Å². The maximum absolute atomic E-state index is 12.7. The predicted octanol–water partition coefficient (Wildman–Crippen LogP) is -0.218. The lowest BCUT2D eigenvalue weighted by atomic mass is 10.1. The van der Waals surface area contributed by atoms with Crippen LogP contribution in [0.4, 0.5) is 17.6 Å². The van der Waals surface area contributed by atoms with E-state index in [0.717, 1.165) is 0 Å². The van der Waals surface area contributed by atoms with Gasteiger partial charge in [0.1, 0.15) is 13.1 Å². The summed E-state index contributed by atoms with van der Waals surface area (Å²) in [4.78, 5) is 0. The highest BCUT2D eigenvalue weighted by Crippen LogP contribution is 2.39. The van der Waals surface area contributed by atoms with Crippen LogP contribution in [0.3, 0.4) is 0 Å². The van der Waals surface area contributed by atoms with Gasteiger partial charge in [0, 0.05) is 6.42 Å². The van der Waals surface area contributed by atoms with Crippen LogP contribution in [-0.4, -0.2) is 13.2 Å². The van der Waals surface area contributed by atoms with Crippen LogP contribution in [0, 0.1) is 0 Å². The van der Waals surface area contributed by atoms with Gasteiger partial charge in [-0.05, 0) is 6.08 Å². The molecule has 0 heterocycles. The lowest BCUT2D eigenvalue weighted by Crippen LogP contribution is -2.47. The molecule has 0 unspecified atom stereocenters. The summed E-state index contributed by atoms with van der Waals surface area (Å²) >= 11 is 0. The van der Waals surface area contributed by atoms with E-state index in [9.17, 15) is 27.6 Å². The van der Waals surface area contributed by atoms with Crippen LogP contribution in [0.5, 0.6) is 0 Å². The molecule has 1 aliphatic carbocycles. The van der Waals surface area contributed by atoms with E-state index in [1.807, 2.05) is 0 Å². The van der Waals surface area contributed by atoms with Crippen LogP contribution in [0.1, 0.15) is 6.42 Å². The maximum atomic E-state index is 12.7. The Labute approximate surface area is 76.5 Å². The summed E-state index contributed by atoms with van der Waals surface area (Å²) < 4.78 is 53.7. The standard InChI is InChI=1S/C6H3BF4O3/c8-4-3(14-7(12)13)1-2-6(10,11)5(4)9/h1H,2H2/q-2. The molecule has 8 heteroatoms. The van der Waals surface area contributed by atoms with Crippen molar-refractivity contribution in [2.75, 3.05) is 0 Å². The van der Waals surface area contributed by atoms with Crippen molar-refractivity contribution in [3.63, 3.8) is 0 Å². The zero-order valence-corrected chi connectivity index (χ0v) is 6.60. The first kappa shape index (κ1) is 11.1. The van der Waals surface area contributed by atoms with Crippen LogP contribution in [-0.2, 0) is 4.65 Å². The SMILES string of the molecule is [O-]B([O-])OC1=CCC(F)(F)C(F)=C1F. The Morgan fingerprint density at radius 3 is 2.43 bits per heavy atom. The molecular formula is C6H3BF4O3-2. The van der Waals surface area contributed by atoms with E-state index in [2.05, 4.69) is 4.65 Å². The minimum Gasteiger partial charge on any atom is -0.860 e. The Morgan fingerprint density at radius 2 is 1.93 bits per heavy atom. The van der Waals surface area contributed by atoms with Gasteiger partial charge in [0.05, 0.1) is 0 Å². The lowest BCUT2D eigenvalue weighted by Gasteiger charge is -2.30. The number of halogens is 4. The molecule has 0 aromatic carbocycles. The average Bonchev–Trinajstić information content (AvgIpc) is 2.07. The lowest BCUT2D eigenvalue weighted by molar-refractivity contribution is -0.378. The fourth-order valence-corrected chi connectivity index (χ4v) is 0.872. The second-order valence-corrected chi connectivity index (χ2v) is 2.51. The van der Waals surface area contributed by atoms with Crippen LogP contribution in [0.15, 0.2) is 23.5 Å². The molecule has 0 aromatic rings. The third-order valence-electron chi connectivity index (χ3n) is 1.50. The summed E-state index contributed by atoms with van der Waals surface area (Å²) in [6, 6.07) is 0. The van der Waals surface area contributed by atoms with E-state index in [-0.39, 0.29) is 0 Å². The summed E-state index contributed by atoms with van der Waals surface area (Å²) in [5.41, 5.74) is 0. The quantitative estimate of drug-likeness (QED) is 0.467. The Balaban J connectivity index is 2.90. The summed E-state index contributed by atoms with van der Waals surface area (Å²) in [7, 11) is -2.88. The second-order valence-electron chi connectivity index (χ2n) is 2.51. The van der Waals surface area contributed by atoms with Crippen molar-refractivity contribution < 1.29 is 32.3 Å². The largest absolute Gasteiger partial charge is 0.860 e. The van der Waals surface area contributed by atoms with E-state index < -0.39 is 37.1 Å². The van der Waals surface area contributed by atoms with Gasteiger partial charge in [0.15, 0.2) is 5.83 Å². The average molecular weight is 210 g/mol. The van der Waals surface area contributed by atoms with E-state index in [0.29, 0.717) is 6.08 Å². The van der Waals surface area contributed by atoms with Crippen molar-refractivity contribution in [1.29, 1.82) is 0 Å². The molecule has 0 saturated carbocycles. The third-order valence-corrected chi connectivity index (χ3v) is 1.50.